The molecule has 2 aromatic rings. The normalized spacial score (nSPS) is 12.0. The minimum absolute atomic E-state index is 0.0465. The van der Waals surface area contributed by atoms with E-state index in [4.69, 9.17) is 4.74 Å². The number of carbonyl (C=O) groups is 1. The number of ether oxygens (including phenoxy) is 1. The molecule has 0 spiro atoms. The van der Waals surface area contributed by atoms with Gasteiger partial charge in [-0.2, -0.15) is 5.10 Å². The summed E-state index contributed by atoms with van der Waals surface area (Å²) in [6.07, 6.45) is 3.16. The van der Waals surface area contributed by atoms with Crippen LogP contribution in [0.1, 0.15) is 11.6 Å². The molecule has 7 nitrogen and oxygen atoms in total. The van der Waals surface area contributed by atoms with Gasteiger partial charge in [0.15, 0.2) is 0 Å². The standard InChI is InChI=1S/C15H21N5O2/c1-20(2)14(11-5-4-6-13(7-11)22-3)10-16-15(21)19-12-8-17-18-9-12/h4-9,14H,10H2,1-3H3,(H,17,18)(H2,16,19,21). The lowest BCUT2D eigenvalue weighted by Crippen LogP contribution is -2.36. The first-order valence-electron chi connectivity index (χ1n) is 6.94. The van der Waals surface area contributed by atoms with Crippen LogP contribution in [0.15, 0.2) is 36.7 Å². The van der Waals surface area contributed by atoms with Gasteiger partial charge in [-0.25, -0.2) is 4.79 Å². The fourth-order valence-corrected chi connectivity index (χ4v) is 2.13. The predicted molar refractivity (Wildman–Crippen MR) is 85.0 cm³/mol. The highest BCUT2D eigenvalue weighted by molar-refractivity contribution is 5.88. The molecule has 0 radical (unpaired) electrons. The number of rotatable bonds is 6. The largest absolute Gasteiger partial charge is 0.497 e. The second kappa shape index (κ2) is 7.46. The van der Waals surface area contributed by atoms with Crippen LogP contribution in [0.3, 0.4) is 0 Å². The van der Waals surface area contributed by atoms with Gasteiger partial charge >= 0.3 is 6.03 Å². The zero-order chi connectivity index (χ0) is 15.9. The van der Waals surface area contributed by atoms with Gasteiger partial charge in [0.1, 0.15) is 5.75 Å². The average molecular weight is 303 g/mol. The zero-order valence-electron chi connectivity index (χ0n) is 13.0. The van der Waals surface area contributed by atoms with Crippen LogP contribution in [-0.4, -0.2) is 48.9 Å². The van der Waals surface area contributed by atoms with E-state index in [9.17, 15) is 4.79 Å². The Hall–Kier alpha value is -2.54. The highest BCUT2D eigenvalue weighted by Gasteiger charge is 2.16. The first-order chi connectivity index (χ1) is 10.6. The van der Waals surface area contributed by atoms with Crippen molar-refractivity contribution in [2.75, 3.05) is 33.1 Å². The Morgan fingerprint density at radius 2 is 2.27 bits per heavy atom. The van der Waals surface area contributed by atoms with E-state index < -0.39 is 0 Å². The average Bonchev–Trinajstić information content (AvgIpc) is 3.00. The van der Waals surface area contributed by atoms with E-state index in [1.54, 1.807) is 19.5 Å². The summed E-state index contributed by atoms with van der Waals surface area (Å²) < 4.78 is 5.25. The van der Waals surface area contributed by atoms with E-state index in [0.29, 0.717) is 12.2 Å². The summed E-state index contributed by atoms with van der Waals surface area (Å²) in [5.41, 5.74) is 1.70. The van der Waals surface area contributed by atoms with Gasteiger partial charge in [0.2, 0.25) is 0 Å². The lowest BCUT2D eigenvalue weighted by Gasteiger charge is -2.25. The van der Waals surface area contributed by atoms with Gasteiger partial charge < -0.3 is 20.3 Å². The highest BCUT2D eigenvalue weighted by atomic mass is 16.5. The monoisotopic (exact) mass is 303 g/mol. The molecule has 1 aromatic carbocycles. The van der Waals surface area contributed by atoms with Crippen molar-refractivity contribution in [3.8, 4) is 5.75 Å². The molecule has 0 aliphatic carbocycles. The van der Waals surface area contributed by atoms with Crippen molar-refractivity contribution in [3.05, 3.63) is 42.2 Å². The number of aromatic nitrogens is 2. The minimum atomic E-state index is -0.267. The number of H-pyrrole nitrogens is 1. The number of nitrogens with zero attached hydrogens (tertiary/aromatic N) is 2. The van der Waals surface area contributed by atoms with Gasteiger partial charge in [0.25, 0.3) is 0 Å². The summed E-state index contributed by atoms with van der Waals surface area (Å²) in [7, 11) is 5.58. The molecule has 7 heteroatoms. The molecular formula is C15H21N5O2. The molecule has 0 saturated carbocycles. The molecule has 1 aromatic heterocycles. The highest BCUT2D eigenvalue weighted by Crippen LogP contribution is 2.22. The summed E-state index contributed by atoms with van der Waals surface area (Å²) in [6, 6.07) is 7.61. The van der Waals surface area contributed by atoms with Gasteiger partial charge in [0.05, 0.1) is 25.0 Å². The minimum Gasteiger partial charge on any atom is -0.497 e. The van der Waals surface area contributed by atoms with Crippen LogP contribution in [0.25, 0.3) is 0 Å². The van der Waals surface area contributed by atoms with Crippen LogP contribution in [0.4, 0.5) is 10.5 Å². The first-order valence-corrected chi connectivity index (χ1v) is 6.94. The molecule has 0 bridgehead atoms. The van der Waals surface area contributed by atoms with Gasteiger partial charge in [-0.15, -0.1) is 0 Å². The number of methoxy groups -OCH3 is 1. The molecule has 0 aliphatic heterocycles. The van der Waals surface area contributed by atoms with E-state index in [-0.39, 0.29) is 12.1 Å². The zero-order valence-corrected chi connectivity index (χ0v) is 13.0. The molecule has 118 valence electrons. The number of hydrogen-bond acceptors (Lipinski definition) is 4. The Bertz CT molecular complexity index is 598. The van der Waals surface area contributed by atoms with Crippen molar-refractivity contribution in [2.24, 2.45) is 0 Å². The maximum absolute atomic E-state index is 11.9. The van der Waals surface area contributed by atoms with Crippen LogP contribution >= 0.6 is 0 Å². The molecule has 1 heterocycles. The number of carbonyl (C=O) groups excluding carboxylic acids is 1. The third kappa shape index (κ3) is 4.23. The molecule has 22 heavy (non-hydrogen) atoms. The fraction of sp³-hybridized carbons (Fsp3) is 0.333. The molecule has 0 fully saturated rings. The quantitative estimate of drug-likeness (QED) is 0.760. The topological polar surface area (TPSA) is 82.3 Å². The Morgan fingerprint density at radius 3 is 2.91 bits per heavy atom. The van der Waals surface area contributed by atoms with Crippen molar-refractivity contribution in [1.29, 1.82) is 0 Å². The van der Waals surface area contributed by atoms with Crippen molar-refractivity contribution in [3.63, 3.8) is 0 Å². The molecule has 0 saturated heterocycles. The lowest BCUT2D eigenvalue weighted by atomic mass is 10.1. The van der Waals surface area contributed by atoms with Crippen LogP contribution in [0.5, 0.6) is 5.75 Å². The van der Waals surface area contributed by atoms with E-state index in [1.807, 2.05) is 43.3 Å². The number of amides is 2. The fourth-order valence-electron chi connectivity index (χ4n) is 2.13. The molecule has 3 N–H and O–H groups in total. The van der Waals surface area contributed by atoms with E-state index in [0.717, 1.165) is 11.3 Å². The number of urea groups is 1. The summed E-state index contributed by atoms with van der Waals surface area (Å²) in [5, 5.41) is 12.0. The SMILES string of the molecule is COc1cccc(C(CNC(=O)Nc2cn[nH]c2)N(C)C)c1. The van der Waals surface area contributed by atoms with Gasteiger partial charge in [-0.05, 0) is 31.8 Å². The third-order valence-electron chi connectivity index (χ3n) is 3.31. The van der Waals surface area contributed by atoms with Crippen molar-refractivity contribution < 1.29 is 9.53 Å². The second-order valence-electron chi connectivity index (χ2n) is 5.08. The molecule has 2 rings (SSSR count). The Labute approximate surface area is 129 Å². The smallest absolute Gasteiger partial charge is 0.319 e. The Morgan fingerprint density at radius 1 is 1.45 bits per heavy atom. The Kier molecular flexibility index (Phi) is 5.37. The molecule has 1 unspecified atom stereocenters. The van der Waals surface area contributed by atoms with Gasteiger partial charge in [0, 0.05) is 12.7 Å². The summed E-state index contributed by atoms with van der Waals surface area (Å²) >= 11 is 0. The second-order valence-corrected chi connectivity index (χ2v) is 5.08. The molecular weight excluding hydrogens is 282 g/mol. The Balaban J connectivity index is 1.98. The van der Waals surface area contributed by atoms with Gasteiger partial charge in [-0.1, -0.05) is 12.1 Å². The van der Waals surface area contributed by atoms with Crippen LogP contribution < -0.4 is 15.4 Å². The van der Waals surface area contributed by atoms with Crippen LogP contribution in [-0.2, 0) is 0 Å². The maximum Gasteiger partial charge on any atom is 0.319 e. The van der Waals surface area contributed by atoms with E-state index in [2.05, 4.69) is 20.8 Å². The summed E-state index contributed by atoms with van der Waals surface area (Å²) in [6.45, 7) is 0.476. The maximum atomic E-state index is 11.9. The van der Waals surface area contributed by atoms with Crippen LogP contribution in [0, 0.1) is 0 Å². The number of nitrogens with one attached hydrogen (secondary N) is 3. The van der Waals surface area contributed by atoms with E-state index in [1.165, 1.54) is 0 Å². The number of hydrogen-bond donors (Lipinski definition) is 3. The van der Waals surface area contributed by atoms with Crippen molar-refractivity contribution in [2.45, 2.75) is 6.04 Å². The number of likely N-dealkylation sites (N-methyl/N-ethyl adjacent to an activating group) is 1. The number of aromatic amines is 1. The van der Waals surface area contributed by atoms with Crippen molar-refractivity contribution >= 4 is 11.7 Å². The molecule has 1 atom stereocenters. The predicted octanol–water partition coefficient (Wildman–Crippen LogP) is 1.84. The number of benzene rings is 1. The van der Waals surface area contributed by atoms with Crippen molar-refractivity contribution in [1.82, 2.24) is 20.4 Å². The third-order valence-corrected chi connectivity index (χ3v) is 3.31. The summed E-state index contributed by atoms with van der Waals surface area (Å²) in [5.74, 6) is 0.798. The summed E-state index contributed by atoms with van der Waals surface area (Å²) in [4.78, 5) is 13.9. The van der Waals surface area contributed by atoms with Crippen LogP contribution in [0.2, 0.25) is 0 Å². The van der Waals surface area contributed by atoms with E-state index >= 15 is 0 Å². The molecule has 2 amide bonds. The lowest BCUT2D eigenvalue weighted by molar-refractivity contribution is 0.243. The van der Waals surface area contributed by atoms with Gasteiger partial charge in [-0.3, -0.25) is 5.10 Å². The number of anilines is 1. The first kappa shape index (κ1) is 15.8. The molecule has 0 aliphatic rings.